The van der Waals surface area contributed by atoms with E-state index >= 15 is 0 Å². The number of carbonyl (C=O) groups excluding carboxylic acids is 1. The second-order valence-corrected chi connectivity index (χ2v) is 4.13. The van der Waals surface area contributed by atoms with Crippen molar-refractivity contribution in [2.75, 3.05) is 0 Å². The Kier molecular flexibility index (Phi) is 3.24. The second kappa shape index (κ2) is 4.84. The zero-order valence-corrected chi connectivity index (χ0v) is 9.41. The highest BCUT2D eigenvalue weighted by Gasteiger charge is 2.32. The van der Waals surface area contributed by atoms with Crippen molar-refractivity contribution in [3.8, 4) is 6.07 Å². The number of ether oxygens (including phenoxy) is 1. The maximum Gasteiger partial charge on any atom is 0.338 e. The van der Waals surface area contributed by atoms with Crippen molar-refractivity contribution in [1.29, 1.82) is 5.26 Å². The van der Waals surface area contributed by atoms with E-state index in [1.165, 1.54) is 24.3 Å². The van der Waals surface area contributed by atoms with Crippen molar-refractivity contribution >= 4 is 11.7 Å². The highest BCUT2D eigenvalue weighted by Crippen LogP contribution is 2.30. The fourth-order valence-corrected chi connectivity index (χ4v) is 1.71. The predicted molar refractivity (Wildman–Crippen MR) is 60.6 cm³/mol. The number of nitro benzene ring substituents is 1. The fraction of sp³-hybridized carbons (Fsp3) is 0.333. The Hall–Kier alpha value is -2.42. The molecule has 0 amide bonds. The lowest BCUT2D eigenvalue weighted by molar-refractivity contribution is -0.384. The van der Waals surface area contributed by atoms with Crippen LogP contribution >= 0.6 is 0 Å². The van der Waals surface area contributed by atoms with Gasteiger partial charge in [-0.3, -0.25) is 10.1 Å². The molecule has 0 saturated heterocycles. The molecule has 1 aromatic carbocycles. The van der Waals surface area contributed by atoms with Gasteiger partial charge in [-0.15, -0.1) is 0 Å². The summed E-state index contributed by atoms with van der Waals surface area (Å²) in [6.07, 6.45) is 0.919. The molecular formula is C12H10N2O4. The summed E-state index contributed by atoms with van der Waals surface area (Å²) in [4.78, 5) is 21.6. The van der Waals surface area contributed by atoms with Crippen LogP contribution in [0.2, 0.25) is 0 Å². The zero-order valence-electron chi connectivity index (χ0n) is 9.41. The number of hydrogen-bond donors (Lipinski definition) is 0. The first kappa shape index (κ1) is 12.0. The molecule has 18 heavy (non-hydrogen) atoms. The number of hydrogen-bond acceptors (Lipinski definition) is 5. The Morgan fingerprint density at radius 3 is 2.50 bits per heavy atom. The van der Waals surface area contributed by atoms with Gasteiger partial charge in [0.2, 0.25) is 0 Å². The van der Waals surface area contributed by atoms with Crippen LogP contribution in [0.4, 0.5) is 5.69 Å². The summed E-state index contributed by atoms with van der Waals surface area (Å²) < 4.78 is 5.14. The summed E-state index contributed by atoms with van der Waals surface area (Å²) in [6.45, 7) is 0. The first-order chi connectivity index (χ1) is 8.60. The smallest absolute Gasteiger partial charge is 0.338 e. The molecule has 1 fully saturated rings. The molecule has 0 heterocycles. The van der Waals surface area contributed by atoms with E-state index in [4.69, 9.17) is 10.00 Å². The molecule has 6 nitrogen and oxygen atoms in total. The molecule has 0 aromatic heterocycles. The summed E-state index contributed by atoms with van der Waals surface area (Å²) in [5, 5.41) is 19.0. The standard InChI is InChI=1S/C12H10N2O4/c13-7-8-5-11(6-8)18-12(15)9-1-3-10(4-2-9)14(16)17/h1-4,8,11H,5-6H2. The number of nitriles is 1. The molecule has 0 atom stereocenters. The van der Waals surface area contributed by atoms with Crippen LogP contribution in [0.25, 0.3) is 0 Å². The normalized spacial score (nSPS) is 21.5. The summed E-state index contributed by atoms with van der Waals surface area (Å²) in [6, 6.07) is 7.34. The summed E-state index contributed by atoms with van der Waals surface area (Å²) >= 11 is 0. The van der Waals surface area contributed by atoms with E-state index in [1.807, 2.05) is 0 Å². The number of carbonyl (C=O) groups is 1. The van der Waals surface area contributed by atoms with E-state index in [9.17, 15) is 14.9 Å². The van der Waals surface area contributed by atoms with Crippen molar-refractivity contribution in [3.63, 3.8) is 0 Å². The third-order valence-corrected chi connectivity index (χ3v) is 2.86. The second-order valence-electron chi connectivity index (χ2n) is 4.13. The highest BCUT2D eigenvalue weighted by molar-refractivity contribution is 5.89. The van der Waals surface area contributed by atoms with Crippen molar-refractivity contribution < 1.29 is 14.5 Å². The predicted octanol–water partition coefficient (Wildman–Crippen LogP) is 2.05. The van der Waals surface area contributed by atoms with Crippen LogP contribution in [0.5, 0.6) is 0 Å². The molecule has 0 bridgehead atoms. The molecule has 1 aliphatic rings. The Morgan fingerprint density at radius 1 is 1.39 bits per heavy atom. The summed E-state index contributed by atoms with van der Waals surface area (Å²) in [7, 11) is 0. The molecular weight excluding hydrogens is 236 g/mol. The SMILES string of the molecule is N#CC1CC(OC(=O)c2ccc([N+](=O)[O-])cc2)C1. The Bertz CT molecular complexity index is 512. The number of nitrogens with zero attached hydrogens (tertiary/aromatic N) is 2. The lowest BCUT2D eigenvalue weighted by atomic mass is 9.83. The van der Waals surface area contributed by atoms with E-state index in [0.29, 0.717) is 12.8 Å². The van der Waals surface area contributed by atoms with Gasteiger partial charge in [0.1, 0.15) is 6.10 Å². The third-order valence-electron chi connectivity index (χ3n) is 2.86. The molecule has 0 radical (unpaired) electrons. The quantitative estimate of drug-likeness (QED) is 0.462. The summed E-state index contributed by atoms with van der Waals surface area (Å²) in [5.74, 6) is -0.536. The van der Waals surface area contributed by atoms with Crippen LogP contribution in [0.3, 0.4) is 0 Å². The average molecular weight is 246 g/mol. The molecule has 2 rings (SSSR count). The molecule has 0 aliphatic heterocycles. The van der Waals surface area contributed by atoms with E-state index in [1.54, 1.807) is 0 Å². The first-order valence-electron chi connectivity index (χ1n) is 5.45. The van der Waals surface area contributed by atoms with E-state index in [-0.39, 0.29) is 23.3 Å². The van der Waals surface area contributed by atoms with Crippen molar-refractivity contribution in [2.24, 2.45) is 5.92 Å². The van der Waals surface area contributed by atoms with Gasteiger partial charge < -0.3 is 4.74 Å². The van der Waals surface area contributed by atoms with Crippen LogP contribution in [0.15, 0.2) is 24.3 Å². The van der Waals surface area contributed by atoms with Gasteiger partial charge in [-0.05, 0) is 12.1 Å². The van der Waals surface area contributed by atoms with Crippen molar-refractivity contribution in [3.05, 3.63) is 39.9 Å². The monoisotopic (exact) mass is 246 g/mol. The van der Waals surface area contributed by atoms with E-state index in [2.05, 4.69) is 6.07 Å². The van der Waals surface area contributed by atoms with Crippen molar-refractivity contribution in [1.82, 2.24) is 0 Å². The average Bonchev–Trinajstić information content (AvgIpc) is 2.33. The zero-order chi connectivity index (χ0) is 13.1. The minimum atomic E-state index is -0.529. The lowest BCUT2D eigenvalue weighted by Crippen LogP contribution is -2.32. The number of esters is 1. The lowest BCUT2D eigenvalue weighted by Gasteiger charge is -2.29. The largest absolute Gasteiger partial charge is 0.459 e. The Labute approximate surface area is 103 Å². The Balaban J connectivity index is 1.94. The molecule has 6 heteroatoms. The van der Waals surface area contributed by atoms with Crippen LogP contribution in [0, 0.1) is 27.4 Å². The van der Waals surface area contributed by atoms with Gasteiger partial charge in [0, 0.05) is 25.0 Å². The van der Waals surface area contributed by atoms with Gasteiger partial charge >= 0.3 is 5.97 Å². The molecule has 0 N–H and O–H groups in total. The highest BCUT2D eigenvalue weighted by atomic mass is 16.6. The molecule has 92 valence electrons. The minimum absolute atomic E-state index is 0.0281. The first-order valence-corrected chi connectivity index (χ1v) is 5.45. The molecule has 1 aliphatic carbocycles. The van der Waals surface area contributed by atoms with Gasteiger partial charge in [-0.25, -0.2) is 4.79 Å². The fourth-order valence-electron chi connectivity index (χ4n) is 1.71. The number of rotatable bonds is 3. The van der Waals surface area contributed by atoms with Gasteiger partial charge in [0.25, 0.3) is 5.69 Å². The number of non-ortho nitro benzene ring substituents is 1. The Morgan fingerprint density at radius 2 is 2.00 bits per heavy atom. The molecule has 1 aromatic rings. The van der Waals surface area contributed by atoms with E-state index in [0.717, 1.165) is 0 Å². The topological polar surface area (TPSA) is 93.2 Å². The van der Waals surface area contributed by atoms with E-state index < -0.39 is 10.9 Å². The molecule has 0 unspecified atom stereocenters. The minimum Gasteiger partial charge on any atom is -0.459 e. The van der Waals surface area contributed by atoms with Gasteiger partial charge in [-0.2, -0.15) is 5.26 Å². The maximum atomic E-state index is 11.6. The number of benzene rings is 1. The van der Waals surface area contributed by atoms with Gasteiger partial charge in [-0.1, -0.05) is 0 Å². The van der Waals surface area contributed by atoms with Gasteiger partial charge in [0.15, 0.2) is 0 Å². The summed E-state index contributed by atoms with van der Waals surface area (Å²) in [5.41, 5.74) is 0.209. The van der Waals surface area contributed by atoms with Crippen LogP contribution < -0.4 is 0 Å². The third kappa shape index (κ3) is 2.46. The van der Waals surface area contributed by atoms with Gasteiger partial charge in [0.05, 0.1) is 22.5 Å². The van der Waals surface area contributed by atoms with Crippen LogP contribution in [-0.2, 0) is 4.74 Å². The van der Waals surface area contributed by atoms with Crippen LogP contribution in [-0.4, -0.2) is 17.0 Å². The van der Waals surface area contributed by atoms with Crippen molar-refractivity contribution in [2.45, 2.75) is 18.9 Å². The molecule has 1 saturated carbocycles. The molecule has 0 spiro atoms. The number of nitro groups is 1. The maximum absolute atomic E-state index is 11.6. The van der Waals surface area contributed by atoms with Crippen LogP contribution in [0.1, 0.15) is 23.2 Å².